The van der Waals surface area contributed by atoms with Crippen molar-refractivity contribution in [2.24, 2.45) is 0 Å². The molecule has 1 fully saturated rings. The lowest BCUT2D eigenvalue weighted by molar-refractivity contribution is -0.136. The Morgan fingerprint density at radius 3 is 2.83 bits per heavy atom. The molecule has 1 aliphatic rings. The molecule has 0 aliphatic heterocycles. The van der Waals surface area contributed by atoms with Crippen LogP contribution in [-0.2, 0) is 16.0 Å². The Bertz CT molecular complexity index is 572. The van der Waals surface area contributed by atoms with Gasteiger partial charge in [0, 0.05) is 24.7 Å². The molecule has 6 heteroatoms. The number of rotatable bonds is 9. The molecule has 24 heavy (non-hydrogen) atoms. The molecule has 2 amide bonds. The standard InChI is InChI=1S/C18H28N4O2/c1-3-13(2)21-17(23)12-22(15-7-8-15)18(24)6-4-5-14-9-10-20-16(19)11-14/h9-11,13,15H,3-8,12H2,1-2H3,(H2,19,20)(H,21,23)/t13-/m1/s1. The second kappa shape index (κ2) is 8.66. The fourth-order valence-electron chi connectivity index (χ4n) is 2.62. The highest BCUT2D eigenvalue weighted by Gasteiger charge is 2.33. The van der Waals surface area contributed by atoms with Crippen LogP contribution in [0.4, 0.5) is 5.82 Å². The number of nitrogen functional groups attached to an aromatic ring is 1. The summed E-state index contributed by atoms with van der Waals surface area (Å²) in [6, 6.07) is 4.14. The third-order valence-corrected chi connectivity index (χ3v) is 4.34. The van der Waals surface area contributed by atoms with E-state index in [2.05, 4.69) is 10.3 Å². The molecule has 1 aromatic rings. The summed E-state index contributed by atoms with van der Waals surface area (Å²) in [5.74, 6) is 0.505. The number of hydrogen-bond donors (Lipinski definition) is 2. The largest absolute Gasteiger partial charge is 0.384 e. The number of aromatic nitrogens is 1. The van der Waals surface area contributed by atoms with E-state index in [0.717, 1.165) is 37.7 Å². The number of nitrogens with zero attached hydrogens (tertiary/aromatic N) is 2. The third-order valence-electron chi connectivity index (χ3n) is 4.34. The Balaban J connectivity index is 1.80. The molecule has 0 aromatic carbocycles. The molecule has 0 bridgehead atoms. The minimum Gasteiger partial charge on any atom is -0.384 e. The van der Waals surface area contributed by atoms with Gasteiger partial charge in [0.05, 0.1) is 6.54 Å². The Labute approximate surface area is 143 Å². The maximum Gasteiger partial charge on any atom is 0.239 e. The number of amides is 2. The third kappa shape index (κ3) is 5.83. The van der Waals surface area contributed by atoms with Gasteiger partial charge in [-0.2, -0.15) is 0 Å². The zero-order valence-corrected chi connectivity index (χ0v) is 14.6. The van der Waals surface area contributed by atoms with Crippen LogP contribution >= 0.6 is 0 Å². The lowest BCUT2D eigenvalue weighted by Gasteiger charge is -2.23. The minimum atomic E-state index is -0.0634. The van der Waals surface area contributed by atoms with Crippen molar-refractivity contribution in [3.63, 3.8) is 0 Å². The van der Waals surface area contributed by atoms with Gasteiger partial charge in [-0.05, 0) is 56.7 Å². The fraction of sp³-hybridized carbons (Fsp3) is 0.611. The smallest absolute Gasteiger partial charge is 0.239 e. The Hall–Kier alpha value is -2.11. The van der Waals surface area contributed by atoms with Crippen molar-refractivity contribution in [2.45, 2.75) is 64.5 Å². The maximum absolute atomic E-state index is 12.5. The second-order valence-corrected chi connectivity index (χ2v) is 6.57. The van der Waals surface area contributed by atoms with Crippen LogP contribution in [0.15, 0.2) is 18.3 Å². The van der Waals surface area contributed by atoms with E-state index in [1.54, 1.807) is 11.1 Å². The summed E-state index contributed by atoms with van der Waals surface area (Å²) in [5.41, 5.74) is 6.75. The SMILES string of the molecule is CC[C@@H](C)NC(=O)CN(C(=O)CCCc1ccnc(N)c1)C1CC1. The van der Waals surface area contributed by atoms with E-state index >= 15 is 0 Å². The van der Waals surface area contributed by atoms with Gasteiger partial charge in [-0.25, -0.2) is 4.98 Å². The first-order chi connectivity index (χ1) is 11.5. The lowest BCUT2D eigenvalue weighted by Crippen LogP contribution is -2.44. The molecule has 132 valence electrons. The van der Waals surface area contributed by atoms with Gasteiger partial charge in [0.15, 0.2) is 0 Å². The second-order valence-electron chi connectivity index (χ2n) is 6.57. The first-order valence-electron chi connectivity index (χ1n) is 8.78. The molecule has 0 saturated heterocycles. The van der Waals surface area contributed by atoms with Crippen molar-refractivity contribution < 1.29 is 9.59 Å². The number of pyridine rings is 1. The van der Waals surface area contributed by atoms with Crippen LogP contribution in [0.5, 0.6) is 0 Å². The van der Waals surface area contributed by atoms with E-state index in [9.17, 15) is 9.59 Å². The summed E-state index contributed by atoms with van der Waals surface area (Å²) in [6.07, 6.45) is 6.57. The molecule has 2 rings (SSSR count). The summed E-state index contributed by atoms with van der Waals surface area (Å²) < 4.78 is 0. The molecule has 1 aliphatic carbocycles. The highest BCUT2D eigenvalue weighted by atomic mass is 16.2. The highest BCUT2D eigenvalue weighted by Crippen LogP contribution is 2.27. The normalized spacial score (nSPS) is 14.9. The number of nitrogens with one attached hydrogen (secondary N) is 1. The topological polar surface area (TPSA) is 88.3 Å². The summed E-state index contributed by atoms with van der Waals surface area (Å²) in [4.78, 5) is 30.3. The highest BCUT2D eigenvalue weighted by molar-refractivity contribution is 5.85. The van der Waals surface area contributed by atoms with E-state index in [4.69, 9.17) is 5.73 Å². The molecule has 1 atom stereocenters. The number of nitrogens with two attached hydrogens (primary N) is 1. The molecule has 0 radical (unpaired) electrons. The average Bonchev–Trinajstić information content (AvgIpc) is 3.37. The van der Waals surface area contributed by atoms with Gasteiger partial charge < -0.3 is 16.0 Å². The van der Waals surface area contributed by atoms with Crippen LogP contribution in [0.3, 0.4) is 0 Å². The van der Waals surface area contributed by atoms with Gasteiger partial charge in [-0.3, -0.25) is 9.59 Å². The number of carbonyl (C=O) groups excluding carboxylic acids is 2. The predicted octanol–water partition coefficient (Wildman–Crippen LogP) is 1.89. The Kier molecular flexibility index (Phi) is 6.58. The molecule has 3 N–H and O–H groups in total. The van der Waals surface area contributed by atoms with Gasteiger partial charge in [0.1, 0.15) is 5.82 Å². The molecular weight excluding hydrogens is 304 g/mol. The van der Waals surface area contributed by atoms with Crippen molar-refractivity contribution in [1.29, 1.82) is 0 Å². The zero-order chi connectivity index (χ0) is 17.5. The average molecular weight is 332 g/mol. The maximum atomic E-state index is 12.5. The van der Waals surface area contributed by atoms with Crippen molar-refractivity contribution in [3.05, 3.63) is 23.9 Å². The van der Waals surface area contributed by atoms with Crippen molar-refractivity contribution >= 4 is 17.6 Å². The number of aryl methyl sites for hydroxylation is 1. The molecule has 0 unspecified atom stereocenters. The summed E-state index contributed by atoms with van der Waals surface area (Å²) in [5, 5.41) is 2.93. The van der Waals surface area contributed by atoms with Gasteiger partial charge in [-0.1, -0.05) is 6.92 Å². The van der Waals surface area contributed by atoms with E-state index in [1.165, 1.54) is 0 Å². The number of hydrogen-bond acceptors (Lipinski definition) is 4. The van der Waals surface area contributed by atoms with E-state index in [0.29, 0.717) is 12.2 Å². The number of anilines is 1. The predicted molar refractivity (Wildman–Crippen MR) is 94.2 cm³/mol. The van der Waals surface area contributed by atoms with Crippen molar-refractivity contribution in [3.8, 4) is 0 Å². The Morgan fingerprint density at radius 2 is 2.21 bits per heavy atom. The summed E-state index contributed by atoms with van der Waals surface area (Å²) >= 11 is 0. The van der Waals surface area contributed by atoms with E-state index in [1.807, 2.05) is 26.0 Å². The fourth-order valence-corrected chi connectivity index (χ4v) is 2.62. The van der Waals surface area contributed by atoms with Gasteiger partial charge in [-0.15, -0.1) is 0 Å². The summed E-state index contributed by atoms with van der Waals surface area (Å²) in [7, 11) is 0. The van der Waals surface area contributed by atoms with Crippen LogP contribution in [0, 0.1) is 0 Å². The molecule has 0 spiro atoms. The van der Waals surface area contributed by atoms with Crippen LogP contribution in [0.2, 0.25) is 0 Å². The lowest BCUT2D eigenvalue weighted by atomic mass is 10.1. The molecule has 1 heterocycles. The Morgan fingerprint density at radius 1 is 1.46 bits per heavy atom. The minimum absolute atomic E-state index is 0.0634. The van der Waals surface area contributed by atoms with Crippen LogP contribution in [-0.4, -0.2) is 40.3 Å². The first kappa shape index (κ1) is 18.2. The van der Waals surface area contributed by atoms with Crippen LogP contribution < -0.4 is 11.1 Å². The van der Waals surface area contributed by atoms with E-state index < -0.39 is 0 Å². The number of carbonyl (C=O) groups is 2. The molecular formula is C18H28N4O2. The van der Waals surface area contributed by atoms with Crippen molar-refractivity contribution in [1.82, 2.24) is 15.2 Å². The summed E-state index contributed by atoms with van der Waals surface area (Å²) in [6.45, 7) is 4.18. The van der Waals surface area contributed by atoms with Gasteiger partial charge in [0.2, 0.25) is 11.8 Å². The van der Waals surface area contributed by atoms with Gasteiger partial charge >= 0.3 is 0 Å². The monoisotopic (exact) mass is 332 g/mol. The molecule has 1 aromatic heterocycles. The van der Waals surface area contributed by atoms with Crippen LogP contribution in [0.1, 0.15) is 51.5 Å². The first-order valence-corrected chi connectivity index (χ1v) is 8.78. The van der Waals surface area contributed by atoms with Gasteiger partial charge in [0.25, 0.3) is 0 Å². The van der Waals surface area contributed by atoms with E-state index in [-0.39, 0.29) is 30.4 Å². The zero-order valence-electron chi connectivity index (χ0n) is 14.6. The quantitative estimate of drug-likeness (QED) is 0.723. The van der Waals surface area contributed by atoms with Crippen LogP contribution in [0.25, 0.3) is 0 Å². The molecule has 6 nitrogen and oxygen atoms in total. The van der Waals surface area contributed by atoms with Crippen molar-refractivity contribution in [2.75, 3.05) is 12.3 Å². The molecule has 1 saturated carbocycles.